The first-order chi connectivity index (χ1) is 9.47. The van der Waals surface area contributed by atoms with E-state index in [1.54, 1.807) is 18.2 Å². The van der Waals surface area contributed by atoms with Crippen molar-refractivity contribution in [2.24, 2.45) is 0 Å². The van der Waals surface area contributed by atoms with Crippen LogP contribution in [0.4, 0.5) is 5.69 Å². The van der Waals surface area contributed by atoms with Crippen LogP contribution in [0.3, 0.4) is 0 Å². The van der Waals surface area contributed by atoms with Crippen molar-refractivity contribution >= 4 is 39.1 Å². The number of halogens is 2. The van der Waals surface area contributed by atoms with Crippen molar-refractivity contribution in [2.45, 2.75) is 13.8 Å². The molecule has 1 heterocycles. The number of aryl methyl sites for hydroxylation is 2. The van der Waals surface area contributed by atoms with E-state index in [0.717, 1.165) is 11.4 Å². The molecule has 1 aromatic heterocycles. The van der Waals surface area contributed by atoms with Gasteiger partial charge < -0.3 is 10.1 Å². The second-order valence-electron chi connectivity index (χ2n) is 4.22. The summed E-state index contributed by atoms with van der Waals surface area (Å²) < 4.78 is 6.14. The van der Waals surface area contributed by atoms with E-state index >= 15 is 0 Å². The average Bonchev–Trinajstić information content (AvgIpc) is 2.69. The average molecular weight is 359 g/mol. The molecule has 1 aromatic carbocycles. The van der Waals surface area contributed by atoms with Crippen LogP contribution in [0.25, 0.3) is 0 Å². The fraction of sp³-hybridized carbons (Fsp3) is 0.231. The van der Waals surface area contributed by atoms with Gasteiger partial charge in [-0.15, -0.1) is 0 Å². The summed E-state index contributed by atoms with van der Waals surface area (Å²) in [7, 11) is 0. The fourth-order valence-electron chi connectivity index (χ4n) is 1.65. The number of H-pyrrole nitrogens is 1. The molecule has 0 aliphatic carbocycles. The molecule has 106 valence electrons. The minimum atomic E-state index is -0.251. The maximum atomic E-state index is 11.8. The zero-order chi connectivity index (χ0) is 14.7. The van der Waals surface area contributed by atoms with Gasteiger partial charge in [0.05, 0.1) is 21.5 Å². The summed E-state index contributed by atoms with van der Waals surface area (Å²) in [5.74, 6) is 0.310. The molecule has 0 bridgehead atoms. The van der Waals surface area contributed by atoms with Crippen LogP contribution >= 0.6 is 27.5 Å². The number of aromatic amines is 1. The highest BCUT2D eigenvalue weighted by atomic mass is 79.9. The lowest BCUT2D eigenvalue weighted by molar-refractivity contribution is -0.118. The minimum Gasteiger partial charge on any atom is -0.483 e. The first kappa shape index (κ1) is 14.9. The number of nitrogens with one attached hydrogen (secondary N) is 2. The number of nitrogens with zero attached hydrogens (tertiary/aromatic N) is 1. The van der Waals surface area contributed by atoms with Gasteiger partial charge in [-0.2, -0.15) is 5.10 Å². The quantitative estimate of drug-likeness (QED) is 0.879. The van der Waals surface area contributed by atoms with Crippen molar-refractivity contribution < 1.29 is 9.53 Å². The second-order valence-corrected chi connectivity index (χ2v) is 5.51. The monoisotopic (exact) mass is 357 g/mol. The van der Waals surface area contributed by atoms with Gasteiger partial charge in [0.25, 0.3) is 5.91 Å². The largest absolute Gasteiger partial charge is 0.483 e. The Kier molecular flexibility index (Phi) is 4.67. The molecule has 2 rings (SSSR count). The number of anilines is 1. The Labute approximate surface area is 129 Å². The molecule has 0 atom stereocenters. The molecule has 0 aliphatic heterocycles. The van der Waals surface area contributed by atoms with E-state index in [9.17, 15) is 4.79 Å². The smallest absolute Gasteiger partial charge is 0.262 e. The Hall–Kier alpha value is -1.53. The van der Waals surface area contributed by atoms with Crippen molar-refractivity contribution in [3.05, 3.63) is 39.1 Å². The van der Waals surface area contributed by atoms with Crippen LogP contribution in [0.2, 0.25) is 5.02 Å². The van der Waals surface area contributed by atoms with Gasteiger partial charge >= 0.3 is 0 Å². The van der Waals surface area contributed by atoms with Crippen LogP contribution in [0, 0.1) is 13.8 Å². The maximum absolute atomic E-state index is 11.8. The molecule has 2 aromatic rings. The van der Waals surface area contributed by atoms with Gasteiger partial charge in [0.1, 0.15) is 5.75 Å². The van der Waals surface area contributed by atoms with E-state index in [1.807, 2.05) is 13.8 Å². The Bertz CT molecular complexity index is 623. The Balaban J connectivity index is 1.96. The number of carbonyl (C=O) groups excluding carboxylic acids is 1. The van der Waals surface area contributed by atoms with Crippen molar-refractivity contribution in [1.82, 2.24) is 10.2 Å². The van der Waals surface area contributed by atoms with Crippen molar-refractivity contribution in [2.75, 3.05) is 11.9 Å². The predicted octanol–water partition coefficient (Wildman–Crippen LogP) is 3.46. The van der Waals surface area contributed by atoms with Crippen LogP contribution in [0.1, 0.15) is 11.4 Å². The van der Waals surface area contributed by atoms with Crippen LogP contribution in [-0.2, 0) is 4.79 Å². The summed E-state index contributed by atoms with van der Waals surface area (Å²) >= 11 is 9.16. The molecule has 1 amide bonds. The highest BCUT2D eigenvalue weighted by molar-refractivity contribution is 9.10. The number of amides is 1. The number of ether oxygens (including phenoxy) is 1. The van der Waals surface area contributed by atoms with E-state index in [1.165, 1.54) is 0 Å². The zero-order valence-electron chi connectivity index (χ0n) is 11.0. The van der Waals surface area contributed by atoms with Crippen molar-refractivity contribution in [3.8, 4) is 5.75 Å². The van der Waals surface area contributed by atoms with E-state index < -0.39 is 0 Å². The minimum absolute atomic E-state index is 0.0930. The van der Waals surface area contributed by atoms with E-state index in [4.69, 9.17) is 16.3 Å². The number of hydrogen-bond donors (Lipinski definition) is 2. The maximum Gasteiger partial charge on any atom is 0.262 e. The summed E-state index contributed by atoms with van der Waals surface area (Å²) in [6.45, 7) is 3.56. The second kappa shape index (κ2) is 6.28. The van der Waals surface area contributed by atoms with Crippen LogP contribution < -0.4 is 10.1 Å². The number of rotatable bonds is 4. The molecule has 0 saturated carbocycles. The van der Waals surface area contributed by atoms with Gasteiger partial charge in [0.2, 0.25) is 0 Å². The summed E-state index contributed by atoms with van der Waals surface area (Å²) in [4.78, 5) is 11.8. The third kappa shape index (κ3) is 3.52. The summed E-state index contributed by atoms with van der Waals surface area (Å²) in [6.07, 6.45) is 0. The molecular weight excluding hydrogens is 346 g/mol. The van der Waals surface area contributed by atoms with Gasteiger partial charge in [-0.1, -0.05) is 11.6 Å². The number of carbonyl (C=O) groups is 1. The van der Waals surface area contributed by atoms with E-state index in [2.05, 4.69) is 31.4 Å². The lowest BCUT2D eigenvalue weighted by Gasteiger charge is -2.09. The molecular formula is C13H13BrClN3O2. The Morgan fingerprint density at radius 2 is 2.25 bits per heavy atom. The first-order valence-corrected chi connectivity index (χ1v) is 7.03. The lowest BCUT2D eigenvalue weighted by atomic mass is 10.3. The van der Waals surface area contributed by atoms with Crippen LogP contribution in [0.5, 0.6) is 5.75 Å². The van der Waals surface area contributed by atoms with E-state index in [0.29, 0.717) is 20.9 Å². The van der Waals surface area contributed by atoms with Crippen LogP contribution in [0.15, 0.2) is 22.7 Å². The number of aromatic nitrogens is 2. The molecule has 7 heteroatoms. The van der Waals surface area contributed by atoms with E-state index in [-0.39, 0.29) is 12.5 Å². The summed E-state index contributed by atoms with van der Waals surface area (Å²) in [6, 6.07) is 5.11. The molecule has 20 heavy (non-hydrogen) atoms. The summed E-state index contributed by atoms with van der Waals surface area (Å²) in [5, 5.41) is 10.2. The van der Waals surface area contributed by atoms with Gasteiger partial charge in [-0.25, -0.2) is 0 Å². The lowest BCUT2D eigenvalue weighted by Crippen LogP contribution is -2.20. The molecule has 0 saturated heterocycles. The van der Waals surface area contributed by atoms with Gasteiger partial charge in [-0.3, -0.25) is 9.89 Å². The van der Waals surface area contributed by atoms with Crippen molar-refractivity contribution in [3.63, 3.8) is 0 Å². The highest BCUT2D eigenvalue weighted by Gasteiger charge is 2.11. The van der Waals surface area contributed by atoms with Crippen molar-refractivity contribution in [1.29, 1.82) is 0 Å². The molecule has 0 unspecified atom stereocenters. The summed E-state index contributed by atoms with van der Waals surface area (Å²) in [5.41, 5.74) is 2.24. The van der Waals surface area contributed by atoms with Gasteiger partial charge in [-0.05, 0) is 48.0 Å². The van der Waals surface area contributed by atoms with Gasteiger partial charge in [0.15, 0.2) is 6.61 Å². The topological polar surface area (TPSA) is 67.0 Å². The SMILES string of the molecule is Cc1n[nH]c(C)c1NC(=O)COc1ccc(Cl)cc1Br. The predicted molar refractivity (Wildman–Crippen MR) is 81.3 cm³/mol. The third-order valence-corrected chi connectivity index (χ3v) is 3.50. The normalized spacial score (nSPS) is 10.4. The number of benzene rings is 1. The zero-order valence-corrected chi connectivity index (χ0v) is 13.3. The molecule has 2 N–H and O–H groups in total. The van der Waals surface area contributed by atoms with Gasteiger partial charge in [0, 0.05) is 5.02 Å². The fourth-order valence-corrected chi connectivity index (χ4v) is 2.44. The molecule has 0 spiro atoms. The number of hydrogen-bond acceptors (Lipinski definition) is 3. The first-order valence-electron chi connectivity index (χ1n) is 5.86. The van der Waals surface area contributed by atoms with Crippen LogP contribution in [-0.4, -0.2) is 22.7 Å². The molecule has 0 radical (unpaired) electrons. The Morgan fingerprint density at radius 3 is 2.85 bits per heavy atom. The molecule has 5 nitrogen and oxygen atoms in total. The highest BCUT2D eigenvalue weighted by Crippen LogP contribution is 2.28. The third-order valence-electron chi connectivity index (χ3n) is 2.65. The standard InChI is InChI=1S/C13H13BrClN3O2/c1-7-13(8(2)18-17-7)16-12(19)6-20-11-4-3-9(15)5-10(11)14/h3-5H,6H2,1-2H3,(H,16,19)(H,17,18). The molecule has 0 aliphatic rings. The Morgan fingerprint density at radius 1 is 1.50 bits per heavy atom. The molecule has 0 fully saturated rings.